The molecule has 0 saturated heterocycles. The molecule has 1 saturated carbocycles. The fourth-order valence-electron chi connectivity index (χ4n) is 6.72. The number of carbonyl (C=O) groups is 1. The Kier molecular flexibility index (Phi) is 31.7. The highest BCUT2D eigenvalue weighted by atomic mass is 31.2. The number of hydrogen-bond acceptors (Lipinski definition) is 11. The molecule has 0 aliphatic heterocycles. The number of phosphoric ester groups is 1. The molecule has 13 nitrogen and oxygen atoms in total. The van der Waals surface area contributed by atoms with Crippen molar-refractivity contribution in [2.45, 2.75) is 216 Å². The van der Waals surface area contributed by atoms with E-state index >= 15 is 0 Å². The zero-order chi connectivity index (χ0) is 43.0. The molecule has 1 amide bonds. The molecule has 1 fully saturated rings. The van der Waals surface area contributed by atoms with Gasteiger partial charge in [-0.05, 0) is 57.8 Å². The minimum atomic E-state index is -5.15. The van der Waals surface area contributed by atoms with Crippen molar-refractivity contribution in [3.8, 4) is 0 Å². The first-order chi connectivity index (χ1) is 27.8. The van der Waals surface area contributed by atoms with Crippen molar-refractivity contribution in [3.05, 3.63) is 48.6 Å². The summed E-state index contributed by atoms with van der Waals surface area (Å²) < 4.78 is 22.8. The quantitative estimate of drug-likeness (QED) is 0.0140. The third-order valence-corrected chi connectivity index (χ3v) is 11.4. The third kappa shape index (κ3) is 25.8. The summed E-state index contributed by atoms with van der Waals surface area (Å²) in [5, 5.41) is 74.2. The number of unbranched alkanes of at least 4 members (excludes halogenated alkanes) is 17. The molecule has 1 aliphatic rings. The maximum absolute atomic E-state index is 13.0. The summed E-state index contributed by atoms with van der Waals surface area (Å²) in [5.74, 6) is -0.611. The summed E-state index contributed by atoms with van der Waals surface area (Å²) in [4.78, 5) is 23.4. The van der Waals surface area contributed by atoms with Crippen molar-refractivity contribution in [1.29, 1.82) is 0 Å². The van der Waals surface area contributed by atoms with Crippen LogP contribution in [-0.2, 0) is 18.4 Å². The second-order valence-corrected chi connectivity index (χ2v) is 17.2. The highest BCUT2D eigenvalue weighted by Crippen LogP contribution is 2.47. The molecule has 58 heavy (non-hydrogen) atoms. The van der Waals surface area contributed by atoms with Gasteiger partial charge in [-0.15, -0.1) is 0 Å². The van der Waals surface area contributed by atoms with Gasteiger partial charge in [-0.25, -0.2) is 4.57 Å². The fraction of sp³-hybridized carbons (Fsp3) is 0.795. The number of nitrogens with one attached hydrogen (secondary N) is 1. The lowest BCUT2D eigenvalue weighted by molar-refractivity contribution is -0.220. The molecule has 0 spiro atoms. The maximum atomic E-state index is 13.0. The van der Waals surface area contributed by atoms with E-state index in [4.69, 9.17) is 9.05 Å². The third-order valence-electron chi connectivity index (χ3n) is 10.4. The second-order valence-electron chi connectivity index (χ2n) is 15.7. The second kappa shape index (κ2) is 33.9. The number of hydrogen-bond donors (Lipinski definition) is 9. The number of amides is 1. The van der Waals surface area contributed by atoms with Crippen molar-refractivity contribution >= 4 is 13.7 Å². The standard InChI is InChI=1S/C44H80NO12P/c1-3-5-7-9-11-13-15-16-17-18-19-20-22-23-25-27-29-31-35(46)33-38(48)45-36(37(47)32-30-28-26-24-21-14-12-10-8-6-4-2)34-56-58(54,55)57-44-42(52)40(50)39(49)41(51)43(44)53/h11,13,15-16,21,24,30,32,35-37,39-44,46-47,49-53H,3-10,12,14,17-20,22-23,25-29,31,33-34H2,1-2H3,(H,45,48)(H,54,55)/b13-11-,16-15-,24-21+,32-30+. The van der Waals surface area contributed by atoms with Crippen LogP contribution >= 0.6 is 7.82 Å². The molecule has 0 aromatic carbocycles. The zero-order valence-corrected chi connectivity index (χ0v) is 36.3. The van der Waals surface area contributed by atoms with Crippen molar-refractivity contribution in [3.63, 3.8) is 0 Å². The molecule has 8 unspecified atom stereocenters. The smallest absolute Gasteiger partial charge is 0.393 e. The van der Waals surface area contributed by atoms with E-state index < -0.39 is 75.2 Å². The van der Waals surface area contributed by atoms with Crippen molar-refractivity contribution in [1.82, 2.24) is 5.32 Å². The van der Waals surface area contributed by atoms with Gasteiger partial charge in [-0.3, -0.25) is 13.8 Å². The summed E-state index contributed by atoms with van der Waals surface area (Å²) in [6, 6.07) is -1.26. The predicted octanol–water partition coefficient (Wildman–Crippen LogP) is 6.75. The molecule has 0 bridgehead atoms. The molecule has 0 aromatic rings. The van der Waals surface area contributed by atoms with E-state index in [0.717, 1.165) is 57.8 Å². The van der Waals surface area contributed by atoms with Gasteiger partial charge < -0.3 is 46.0 Å². The Bertz CT molecular complexity index is 1180. The molecule has 1 rings (SSSR count). The average Bonchev–Trinajstić information content (AvgIpc) is 3.19. The van der Waals surface area contributed by atoms with Crippen molar-refractivity contribution in [2.24, 2.45) is 0 Å². The maximum Gasteiger partial charge on any atom is 0.472 e. The fourth-order valence-corrected chi connectivity index (χ4v) is 7.68. The minimum Gasteiger partial charge on any atom is -0.393 e. The predicted molar refractivity (Wildman–Crippen MR) is 229 cm³/mol. The van der Waals surface area contributed by atoms with Crippen LogP contribution in [0.2, 0.25) is 0 Å². The van der Waals surface area contributed by atoms with Crippen LogP contribution in [0.3, 0.4) is 0 Å². The highest BCUT2D eigenvalue weighted by molar-refractivity contribution is 7.47. The molecule has 0 aromatic heterocycles. The van der Waals surface area contributed by atoms with E-state index in [2.05, 4.69) is 55.6 Å². The molecule has 14 heteroatoms. The first-order valence-corrected chi connectivity index (χ1v) is 23.7. The Balaban J connectivity index is 2.56. The minimum absolute atomic E-state index is 0.259. The van der Waals surface area contributed by atoms with Gasteiger partial charge in [0, 0.05) is 0 Å². The molecule has 0 heterocycles. The van der Waals surface area contributed by atoms with Gasteiger partial charge in [0.25, 0.3) is 0 Å². The lowest BCUT2D eigenvalue weighted by Gasteiger charge is -2.41. The van der Waals surface area contributed by atoms with Gasteiger partial charge >= 0.3 is 7.82 Å². The Morgan fingerprint density at radius 1 is 0.621 bits per heavy atom. The number of rotatable bonds is 35. The Hall–Kier alpha value is -1.74. The van der Waals surface area contributed by atoms with E-state index in [0.29, 0.717) is 12.8 Å². The number of phosphoric acid groups is 1. The molecule has 338 valence electrons. The molecule has 8 atom stereocenters. The lowest BCUT2D eigenvalue weighted by Crippen LogP contribution is -2.64. The van der Waals surface area contributed by atoms with E-state index in [1.165, 1.54) is 76.7 Å². The normalized spacial score (nSPS) is 24.2. The number of allylic oxidation sites excluding steroid dienone is 7. The summed E-state index contributed by atoms with van der Waals surface area (Å²) in [5.41, 5.74) is 0. The summed E-state index contributed by atoms with van der Waals surface area (Å²) >= 11 is 0. The van der Waals surface area contributed by atoms with Gasteiger partial charge in [0.15, 0.2) is 0 Å². The van der Waals surface area contributed by atoms with Gasteiger partial charge in [0.05, 0.1) is 31.3 Å². The van der Waals surface area contributed by atoms with Crippen molar-refractivity contribution in [2.75, 3.05) is 6.61 Å². The monoisotopic (exact) mass is 846 g/mol. The highest BCUT2D eigenvalue weighted by Gasteiger charge is 2.51. The average molecular weight is 846 g/mol. The van der Waals surface area contributed by atoms with Gasteiger partial charge in [-0.1, -0.05) is 146 Å². The van der Waals surface area contributed by atoms with Crippen LogP contribution in [0, 0.1) is 0 Å². The van der Waals surface area contributed by atoms with E-state index in [1.54, 1.807) is 6.08 Å². The number of aliphatic hydroxyl groups is 7. The van der Waals surface area contributed by atoms with Crippen LogP contribution in [0.25, 0.3) is 0 Å². The van der Waals surface area contributed by atoms with Crippen LogP contribution in [0.15, 0.2) is 48.6 Å². The Morgan fingerprint density at radius 2 is 1.07 bits per heavy atom. The summed E-state index contributed by atoms with van der Waals surface area (Å²) in [7, 11) is -5.15. The topological polar surface area (TPSA) is 226 Å². The molecular weight excluding hydrogens is 765 g/mol. The first-order valence-electron chi connectivity index (χ1n) is 22.2. The molecule has 0 radical (unpaired) electrons. The van der Waals surface area contributed by atoms with Crippen LogP contribution in [-0.4, -0.2) is 108 Å². The van der Waals surface area contributed by atoms with Crippen molar-refractivity contribution < 1.29 is 59.0 Å². The summed E-state index contributed by atoms with van der Waals surface area (Å²) in [6.45, 7) is 3.65. The SMILES string of the molecule is CCCCC/C=C\C=C/CCCCCCCCCCC(O)CC(=O)NC(COP(=O)(O)OC1C(O)C(O)C(O)C(O)C1O)C(O)/C=C/CC/C=C/CCCCCCC. The van der Waals surface area contributed by atoms with E-state index in [9.17, 15) is 50.0 Å². The summed E-state index contributed by atoms with van der Waals surface area (Å²) in [6.07, 6.45) is 25.0. The number of carbonyl (C=O) groups excluding carboxylic acids is 1. The van der Waals surface area contributed by atoms with Crippen LogP contribution < -0.4 is 5.32 Å². The lowest BCUT2D eigenvalue weighted by atomic mass is 9.85. The first kappa shape index (κ1) is 54.3. The van der Waals surface area contributed by atoms with E-state index in [1.807, 2.05) is 0 Å². The molecule has 9 N–H and O–H groups in total. The Morgan fingerprint density at radius 3 is 1.66 bits per heavy atom. The van der Waals surface area contributed by atoms with E-state index in [-0.39, 0.29) is 6.42 Å². The molecule has 1 aliphatic carbocycles. The zero-order valence-electron chi connectivity index (χ0n) is 35.4. The van der Waals surface area contributed by atoms with Crippen LogP contribution in [0.4, 0.5) is 0 Å². The van der Waals surface area contributed by atoms with Gasteiger partial charge in [0.2, 0.25) is 5.91 Å². The van der Waals surface area contributed by atoms with Gasteiger partial charge in [0.1, 0.15) is 36.6 Å². The Labute approximate surface area is 349 Å². The molecular formula is C44H80NO12P. The number of aliphatic hydroxyl groups excluding tert-OH is 7. The van der Waals surface area contributed by atoms with Gasteiger partial charge in [-0.2, -0.15) is 0 Å². The van der Waals surface area contributed by atoms with Crippen LogP contribution in [0.5, 0.6) is 0 Å². The van der Waals surface area contributed by atoms with Crippen LogP contribution in [0.1, 0.15) is 162 Å². The largest absolute Gasteiger partial charge is 0.472 e.